The highest BCUT2D eigenvalue weighted by atomic mass is 35.5. The molecule has 0 aliphatic carbocycles. The van der Waals surface area contributed by atoms with Crippen LogP contribution in [0.2, 0.25) is 5.02 Å². The minimum Gasteiger partial charge on any atom is -0.391 e. The number of hydrogen-bond acceptors (Lipinski definition) is 8. The SMILES string of the molecule is COCc1cc2n(n1)C[C@H](Nc1ncc(Cl)c(-c3cc(F)c4nc(C(C)(C)O)n(C(C)C)c4c3)n1)[C@@H](O)C2. The summed E-state index contributed by atoms with van der Waals surface area (Å²) in [5.41, 5.74) is 1.92. The van der Waals surface area contributed by atoms with Gasteiger partial charge < -0.3 is 24.8 Å². The molecule has 202 valence electrons. The monoisotopic (exact) mass is 543 g/mol. The Balaban J connectivity index is 1.50. The van der Waals surface area contributed by atoms with E-state index in [1.165, 1.54) is 12.3 Å². The molecular formula is C26H31ClFN7O3. The fourth-order valence-electron chi connectivity index (χ4n) is 4.91. The molecule has 0 saturated carbocycles. The Morgan fingerprint density at radius 3 is 2.71 bits per heavy atom. The van der Waals surface area contributed by atoms with Crippen LogP contribution in [0.1, 0.15) is 50.9 Å². The molecule has 1 aliphatic rings. The molecule has 0 spiro atoms. The lowest BCUT2D eigenvalue weighted by atomic mass is 10.0. The van der Waals surface area contributed by atoms with E-state index in [1.54, 1.807) is 27.0 Å². The average molecular weight is 544 g/mol. The minimum absolute atomic E-state index is 0.0847. The van der Waals surface area contributed by atoms with Crippen molar-refractivity contribution in [2.24, 2.45) is 0 Å². The summed E-state index contributed by atoms with van der Waals surface area (Å²) in [5, 5.41) is 29.4. The molecule has 2 atom stereocenters. The molecule has 5 rings (SSSR count). The fourth-order valence-corrected chi connectivity index (χ4v) is 5.11. The van der Waals surface area contributed by atoms with E-state index in [0.717, 1.165) is 11.4 Å². The van der Waals surface area contributed by atoms with E-state index in [-0.39, 0.29) is 22.5 Å². The van der Waals surface area contributed by atoms with Crippen LogP contribution in [0.4, 0.5) is 10.3 Å². The highest BCUT2D eigenvalue weighted by Gasteiger charge is 2.30. The van der Waals surface area contributed by atoms with Crippen LogP contribution in [-0.2, 0) is 29.9 Å². The van der Waals surface area contributed by atoms with Gasteiger partial charge in [-0.15, -0.1) is 0 Å². The minimum atomic E-state index is -1.26. The Bertz CT molecular complexity index is 1490. The van der Waals surface area contributed by atoms with Crippen molar-refractivity contribution < 1.29 is 19.3 Å². The molecule has 0 radical (unpaired) electrons. The predicted octanol–water partition coefficient (Wildman–Crippen LogP) is 3.83. The number of imidazole rings is 1. The van der Waals surface area contributed by atoms with E-state index in [2.05, 4.69) is 25.4 Å². The smallest absolute Gasteiger partial charge is 0.223 e. The molecule has 4 aromatic rings. The third-order valence-corrected chi connectivity index (χ3v) is 6.88. The topological polar surface area (TPSA) is 123 Å². The first-order valence-electron chi connectivity index (χ1n) is 12.4. The molecule has 1 aliphatic heterocycles. The van der Waals surface area contributed by atoms with Gasteiger partial charge in [-0.05, 0) is 45.9 Å². The summed E-state index contributed by atoms with van der Waals surface area (Å²) < 4.78 is 24.1. The Labute approximate surface area is 224 Å². The molecule has 10 nitrogen and oxygen atoms in total. The summed E-state index contributed by atoms with van der Waals surface area (Å²) in [5.74, 6) is 0.0659. The zero-order valence-corrected chi connectivity index (χ0v) is 22.7. The Hall–Kier alpha value is -3.12. The lowest BCUT2D eigenvalue weighted by molar-refractivity contribution is 0.0641. The van der Waals surface area contributed by atoms with E-state index >= 15 is 4.39 Å². The lowest BCUT2D eigenvalue weighted by Gasteiger charge is -2.29. The van der Waals surface area contributed by atoms with E-state index in [9.17, 15) is 10.2 Å². The first-order chi connectivity index (χ1) is 18.0. The Morgan fingerprint density at radius 1 is 1.26 bits per heavy atom. The third kappa shape index (κ3) is 4.86. The lowest BCUT2D eigenvalue weighted by Crippen LogP contribution is -2.43. The molecule has 4 heterocycles. The summed E-state index contributed by atoms with van der Waals surface area (Å²) in [6.45, 7) is 7.94. The van der Waals surface area contributed by atoms with Crippen molar-refractivity contribution in [1.29, 1.82) is 0 Å². The number of methoxy groups -OCH3 is 1. The zero-order chi connectivity index (χ0) is 27.4. The van der Waals surface area contributed by atoms with Crippen LogP contribution in [0.15, 0.2) is 24.4 Å². The van der Waals surface area contributed by atoms with E-state index in [1.807, 2.05) is 29.2 Å². The van der Waals surface area contributed by atoms with Crippen molar-refractivity contribution in [2.75, 3.05) is 12.4 Å². The zero-order valence-electron chi connectivity index (χ0n) is 21.9. The number of anilines is 1. The summed E-state index contributed by atoms with van der Waals surface area (Å²) in [6, 6.07) is 4.54. The van der Waals surface area contributed by atoms with Gasteiger partial charge in [0.25, 0.3) is 0 Å². The standard InChI is InChI=1S/C26H31ClFN7O3/c1-13(2)35-20-7-14(6-18(28)23(20)31-24(35)26(3,4)37)22-17(27)10-29-25(32-22)30-19-11-34-16(9-21(19)36)8-15(33-34)12-38-5/h6-8,10,13,19,21,36-37H,9,11-12H2,1-5H3,(H,29,30,32)/t19-,21-/m0/s1. The Kier molecular flexibility index (Phi) is 6.89. The number of aliphatic hydroxyl groups excluding tert-OH is 1. The quantitative estimate of drug-likeness (QED) is 0.321. The number of aromatic nitrogens is 6. The second-order valence-electron chi connectivity index (χ2n) is 10.4. The second-order valence-corrected chi connectivity index (χ2v) is 10.8. The fraction of sp³-hybridized carbons (Fsp3) is 0.462. The van der Waals surface area contributed by atoms with Crippen molar-refractivity contribution >= 4 is 28.6 Å². The van der Waals surface area contributed by atoms with Crippen LogP contribution in [0.5, 0.6) is 0 Å². The molecule has 0 saturated heterocycles. The molecule has 1 aromatic carbocycles. The van der Waals surface area contributed by atoms with Crippen LogP contribution < -0.4 is 5.32 Å². The number of benzene rings is 1. The summed E-state index contributed by atoms with van der Waals surface area (Å²) in [4.78, 5) is 13.3. The van der Waals surface area contributed by atoms with E-state index in [4.69, 9.17) is 16.3 Å². The number of fused-ring (bicyclic) bond motifs is 2. The first-order valence-corrected chi connectivity index (χ1v) is 12.8. The van der Waals surface area contributed by atoms with Crippen molar-refractivity contribution in [3.63, 3.8) is 0 Å². The molecule has 3 N–H and O–H groups in total. The molecule has 0 unspecified atom stereocenters. The maximum atomic E-state index is 15.3. The normalized spacial score (nSPS) is 17.8. The number of hydrogen-bond donors (Lipinski definition) is 3. The van der Waals surface area contributed by atoms with Crippen LogP contribution in [0, 0.1) is 5.82 Å². The number of rotatable bonds is 7. The number of nitrogens with zero attached hydrogens (tertiary/aromatic N) is 6. The summed E-state index contributed by atoms with van der Waals surface area (Å²) in [7, 11) is 1.61. The van der Waals surface area contributed by atoms with Gasteiger partial charge in [0.05, 0.1) is 53.4 Å². The Morgan fingerprint density at radius 2 is 2.03 bits per heavy atom. The number of ether oxygens (including phenoxy) is 1. The van der Waals surface area contributed by atoms with Crippen molar-refractivity contribution in [2.45, 2.75) is 71.1 Å². The molecular weight excluding hydrogens is 513 g/mol. The maximum absolute atomic E-state index is 15.3. The highest BCUT2D eigenvalue weighted by Crippen LogP contribution is 2.35. The molecule has 0 fully saturated rings. The second kappa shape index (κ2) is 9.88. The van der Waals surface area contributed by atoms with Gasteiger partial charge in [0.2, 0.25) is 5.95 Å². The molecule has 38 heavy (non-hydrogen) atoms. The number of aliphatic hydroxyl groups is 2. The van der Waals surface area contributed by atoms with Crippen molar-refractivity contribution in [3.05, 3.63) is 52.4 Å². The molecule has 0 amide bonds. The van der Waals surface area contributed by atoms with Crippen LogP contribution in [0.3, 0.4) is 0 Å². The van der Waals surface area contributed by atoms with E-state index < -0.39 is 23.6 Å². The maximum Gasteiger partial charge on any atom is 0.223 e. The van der Waals surface area contributed by atoms with Gasteiger partial charge in [-0.2, -0.15) is 5.10 Å². The van der Waals surface area contributed by atoms with Gasteiger partial charge in [-0.25, -0.2) is 19.3 Å². The van der Waals surface area contributed by atoms with Crippen molar-refractivity contribution in [3.8, 4) is 11.3 Å². The first kappa shape index (κ1) is 26.5. The van der Waals surface area contributed by atoms with Gasteiger partial charge in [-0.3, -0.25) is 4.68 Å². The molecule has 0 bridgehead atoms. The van der Waals surface area contributed by atoms with Crippen LogP contribution >= 0.6 is 11.6 Å². The van der Waals surface area contributed by atoms with Gasteiger partial charge in [0.1, 0.15) is 16.9 Å². The number of halogens is 2. The van der Waals surface area contributed by atoms with Crippen molar-refractivity contribution in [1.82, 2.24) is 29.3 Å². The highest BCUT2D eigenvalue weighted by molar-refractivity contribution is 6.33. The summed E-state index contributed by atoms with van der Waals surface area (Å²) in [6.07, 6.45) is 1.17. The van der Waals surface area contributed by atoms with Gasteiger partial charge >= 0.3 is 0 Å². The largest absolute Gasteiger partial charge is 0.391 e. The molecule has 3 aromatic heterocycles. The molecule has 12 heteroatoms. The van der Waals surface area contributed by atoms with Gasteiger partial charge in [0.15, 0.2) is 5.82 Å². The van der Waals surface area contributed by atoms with E-state index in [0.29, 0.717) is 42.2 Å². The van der Waals surface area contributed by atoms with Gasteiger partial charge in [-0.1, -0.05) is 11.6 Å². The summed E-state index contributed by atoms with van der Waals surface area (Å²) >= 11 is 6.47. The number of nitrogens with one attached hydrogen (secondary N) is 1. The average Bonchev–Trinajstić information content (AvgIpc) is 3.42. The third-order valence-electron chi connectivity index (χ3n) is 6.60. The predicted molar refractivity (Wildman–Crippen MR) is 141 cm³/mol. The van der Waals surface area contributed by atoms with Crippen LogP contribution in [0.25, 0.3) is 22.3 Å². The van der Waals surface area contributed by atoms with Gasteiger partial charge in [0, 0.05) is 30.8 Å². The van der Waals surface area contributed by atoms with Crippen LogP contribution in [-0.4, -0.2) is 58.8 Å².